The van der Waals surface area contributed by atoms with Crippen molar-refractivity contribution in [2.75, 3.05) is 45.8 Å². The second kappa shape index (κ2) is 28.1. The summed E-state index contributed by atoms with van der Waals surface area (Å²) in [7, 11) is 0. The maximum Gasteiger partial charge on any atom is 0.410 e. The Labute approximate surface area is 480 Å². The van der Waals surface area contributed by atoms with Crippen molar-refractivity contribution in [1.82, 2.24) is 56.6 Å². The third-order valence-corrected chi connectivity index (χ3v) is 14.0. The number of hydrogen-bond acceptors (Lipinski definition) is 18. The smallest absolute Gasteiger partial charge is 0.410 e. The van der Waals surface area contributed by atoms with Crippen molar-refractivity contribution in [2.45, 2.75) is 156 Å². The van der Waals surface area contributed by atoms with E-state index in [0.717, 1.165) is 42.2 Å². The van der Waals surface area contributed by atoms with Crippen LogP contribution in [0.1, 0.15) is 180 Å². The van der Waals surface area contributed by atoms with Gasteiger partial charge in [0.2, 0.25) is 5.91 Å². The van der Waals surface area contributed by atoms with Gasteiger partial charge in [-0.3, -0.25) is 23.9 Å². The number of carboxylic acid groups (broad SMARTS) is 1. The molecule has 3 fully saturated rings. The molecule has 4 aliphatic heterocycles. The van der Waals surface area contributed by atoms with Crippen LogP contribution < -0.4 is 21.3 Å². The van der Waals surface area contributed by atoms with Crippen molar-refractivity contribution in [1.29, 1.82) is 0 Å². The van der Waals surface area contributed by atoms with Crippen LogP contribution in [0.25, 0.3) is 0 Å². The first-order valence-electron chi connectivity index (χ1n) is 27.7. The number of hydrogen-bond donors (Lipinski definition) is 5. The average Bonchev–Trinajstić information content (AvgIpc) is 4.57. The minimum Gasteiger partial charge on any atom is -0.476 e. The number of carbonyl (C=O) groups is 7. The first-order chi connectivity index (χ1) is 38.1. The molecular formula is C55H77ClFN11O14. The number of carbonyl (C=O) groups excluding carboxylic acids is 6. The van der Waals surface area contributed by atoms with Crippen molar-refractivity contribution in [3.63, 3.8) is 0 Å². The van der Waals surface area contributed by atoms with Gasteiger partial charge in [-0.15, -0.1) is 19.0 Å². The van der Waals surface area contributed by atoms with Gasteiger partial charge in [-0.2, -0.15) is 0 Å². The summed E-state index contributed by atoms with van der Waals surface area (Å²) in [6.45, 7) is 20.6. The zero-order chi connectivity index (χ0) is 57.3. The third-order valence-electron chi connectivity index (χ3n) is 14.0. The lowest BCUT2D eigenvalue weighted by molar-refractivity contribution is -0.132. The fraction of sp³-hybridized carbons (Fsp3) is 0.618. The second-order valence-electron chi connectivity index (χ2n) is 23.1. The van der Waals surface area contributed by atoms with Crippen molar-refractivity contribution in [3.8, 4) is 0 Å². The topological polar surface area (TPSA) is 320 Å². The largest absolute Gasteiger partial charge is 0.476 e. The van der Waals surface area contributed by atoms with Crippen LogP contribution in [0.3, 0.4) is 0 Å². The maximum atomic E-state index is 12.2. The Morgan fingerprint density at radius 1 is 0.585 bits per heavy atom. The van der Waals surface area contributed by atoms with E-state index in [1.165, 1.54) is 43.4 Å². The molecule has 11 rings (SSSR count). The Balaban J connectivity index is 0.000000176. The molecule has 8 heterocycles. The minimum atomic E-state index is -1.16. The van der Waals surface area contributed by atoms with Crippen LogP contribution in [-0.2, 0) is 66.1 Å². The van der Waals surface area contributed by atoms with Gasteiger partial charge in [0.05, 0.1) is 19.6 Å². The number of fused-ring (bicyclic) bond motifs is 4. The average molecular weight is 1170 g/mol. The van der Waals surface area contributed by atoms with Crippen LogP contribution in [0, 0.1) is 17.8 Å². The van der Waals surface area contributed by atoms with Gasteiger partial charge < -0.3 is 68.6 Å². The molecule has 0 spiro atoms. The fourth-order valence-corrected chi connectivity index (χ4v) is 8.96. The van der Waals surface area contributed by atoms with Crippen LogP contribution in [0.2, 0.25) is 0 Å². The second-order valence-corrected chi connectivity index (χ2v) is 23.1. The van der Waals surface area contributed by atoms with E-state index in [1.807, 2.05) is 20.8 Å². The predicted molar refractivity (Wildman–Crippen MR) is 293 cm³/mol. The number of amides is 6. The predicted octanol–water partition coefficient (Wildman–Crippen LogP) is 6.47. The number of carboxylic acids is 1. The number of halogens is 2. The first kappa shape index (κ1) is 63.8. The number of ether oxygens (including phenoxy) is 2. The molecule has 0 radical (unpaired) electrons. The highest BCUT2D eigenvalue weighted by Crippen LogP contribution is 2.31. The molecule has 450 valence electrons. The number of allylic oxidation sites excluding steroid dienone is 1. The molecule has 5 N–H and O–H groups in total. The molecule has 7 aliphatic rings. The summed E-state index contributed by atoms with van der Waals surface area (Å²) in [5.74, 6) is 3.09. The molecule has 0 bridgehead atoms. The van der Waals surface area contributed by atoms with Gasteiger partial charge in [0.1, 0.15) is 34.2 Å². The SMILES string of the molecule is C=CCCC(=O)N1CCc2onc(C(=O)NCC3CC3)c2C1.CC(C)(C)OC(=O)N1CCc2onc(C(=O)NCC3CC3)c2C1.CC(C)(C)OC(=O)N1CCc2onc(C(=O)O)c2C1.Cl.F.O=C(NCC1CC1)c1noc2c1CNCC2. The summed E-state index contributed by atoms with van der Waals surface area (Å²) in [5, 5.41) is 36.1. The highest BCUT2D eigenvalue weighted by Gasteiger charge is 2.35. The Hall–Kier alpha value is -7.35. The Morgan fingerprint density at radius 3 is 1.32 bits per heavy atom. The summed E-state index contributed by atoms with van der Waals surface area (Å²) >= 11 is 0. The van der Waals surface area contributed by atoms with E-state index in [1.54, 1.807) is 36.6 Å². The quantitative estimate of drug-likeness (QED) is 0.0895. The standard InChI is InChI=1S/C16H23N3O4.C16H21N3O3.C12H16N2O5.C11H15N3O2.ClH.FH/c1-16(2,3)22-15(21)19-7-6-12-11(9-19)13(18-23-12)14(20)17-8-10-4-5-10;1-2-3-4-14(20)19-8-7-13-12(10-19)15(18-22-13)16(21)17-9-11-5-6-11;1-12(2,3)18-11(17)14-5-4-8-7(6-14)9(10(15)16)13-19-8;15-11(13-5-7-1-2-7)10-8-6-12-4-3-9(8)16-14-10;;/h10H,4-9H2,1-3H3,(H,17,20);2,11H,1,3-10H2,(H,17,21);4-6H2,1-3H3,(H,15,16);7,12H,1-6H2,(H,13,15);2*1H. The first-order valence-corrected chi connectivity index (χ1v) is 27.7. The van der Waals surface area contributed by atoms with Gasteiger partial charge in [-0.05, 0) is 104 Å². The Kier molecular flexibility index (Phi) is 21.9. The molecule has 0 atom stereocenters. The maximum absolute atomic E-state index is 12.2. The number of aromatic nitrogens is 4. The van der Waals surface area contributed by atoms with Gasteiger partial charge in [0, 0.05) is 107 Å². The number of nitrogens with one attached hydrogen (secondary N) is 4. The molecule has 3 saturated carbocycles. The summed E-state index contributed by atoms with van der Waals surface area (Å²) in [6, 6.07) is 0. The van der Waals surface area contributed by atoms with Gasteiger partial charge in [0.15, 0.2) is 22.8 Å². The van der Waals surface area contributed by atoms with Crippen molar-refractivity contribution < 1.29 is 70.9 Å². The van der Waals surface area contributed by atoms with Crippen LogP contribution in [-0.4, -0.2) is 139 Å². The number of nitrogens with zero attached hydrogens (tertiary/aromatic N) is 7. The lowest BCUT2D eigenvalue weighted by atomic mass is 10.0. The monoisotopic (exact) mass is 1170 g/mol. The molecule has 82 heavy (non-hydrogen) atoms. The van der Waals surface area contributed by atoms with E-state index in [9.17, 15) is 33.6 Å². The van der Waals surface area contributed by atoms with Crippen LogP contribution in [0.4, 0.5) is 14.3 Å². The zero-order valence-corrected chi connectivity index (χ0v) is 48.3. The molecular weight excluding hydrogens is 1090 g/mol. The lowest BCUT2D eigenvalue weighted by Crippen LogP contribution is -2.40. The molecule has 0 unspecified atom stereocenters. The van der Waals surface area contributed by atoms with Crippen molar-refractivity contribution in [3.05, 3.63) is 80.7 Å². The summed E-state index contributed by atoms with van der Waals surface area (Å²) in [4.78, 5) is 88.3. The van der Waals surface area contributed by atoms with Gasteiger partial charge in [0.25, 0.3) is 17.7 Å². The highest BCUT2D eigenvalue weighted by molar-refractivity contribution is 5.95. The van der Waals surface area contributed by atoms with E-state index in [2.05, 4.69) is 48.5 Å². The highest BCUT2D eigenvalue weighted by atomic mass is 35.5. The van der Waals surface area contributed by atoms with Crippen molar-refractivity contribution >= 4 is 54.2 Å². The van der Waals surface area contributed by atoms with E-state index in [4.69, 9.17) is 32.7 Å². The van der Waals surface area contributed by atoms with Gasteiger partial charge in [-0.25, -0.2) is 14.4 Å². The van der Waals surface area contributed by atoms with Crippen LogP contribution in [0.15, 0.2) is 30.7 Å². The van der Waals surface area contributed by atoms with Crippen LogP contribution in [0.5, 0.6) is 0 Å². The molecule has 27 heteroatoms. The summed E-state index contributed by atoms with van der Waals surface area (Å²) < 4.78 is 31.3. The Bertz CT molecular complexity index is 2910. The summed E-state index contributed by atoms with van der Waals surface area (Å²) in [6.07, 6.45) is 11.6. The lowest BCUT2D eigenvalue weighted by Gasteiger charge is -2.29. The van der Waals surface area contributed by atoms with E-state index >= 15 is 0 Å². The number of rotatable bonds is 13. The molecule has 4 aromatic rings. The van der Waals surface area contributed by atoms with Gasteiger partial charge in [-0.1, -0.05) is 26.7 Å². The molecule has 4 aromatic heterocycles. The molecule has 6 amide bonds. The summed E-state index contributed by atoms with van der Waals surface area (Å²) in [5.41, 5.74) is 2.64. The fourth-order valence-electron chi connectivity index (χ4n) is 8.96. The minimum absolute atomic E-state index is 0. The van der Waals surface area contributed by atoms with E-state index in [0.29, 0.717) is 136 Å². The number of aromatic carboxylic acids is 1. The third kappa shape index (κ3) is 17.8. The molecule has 0 saturated heterocycles. The van der Waals surface area contributed by atoms with Crippen LogP contribution >= 0.6 is 12.4 Å². The molecule has 3 aliphatic carbocycles. The van der Waals surface area contributed by atoms with E-state index in [-0.39, 0.29) is 64.8 Å². The normalized spacial score (nSPS) is 16.7. The van der Waals surface area contributed by atoms with Crippen molar-refractivity contribution in [2.24, 2.45) is 17.8 Å². The van der Waals surface area contributed by atoms with E-state index < -0.39 is 23.3 Å². The Morgan fingerprint density at radius 2 is 0.939 bits per heavy atom. The zero-order valence-electron chi connectivity index (χ0n) is 47.5. The molecule has 25 nitrogen and oxygen atoms in total. The molecule has 0 aromatic carbocycles. The van der Waals surface area contributed by atoms with Gasteiger partial charge >= 0.3 is 18.2 Å².